The first-order valence-electron chi connectivity index (χ1n) is 4.29. The molecule has 0 aliphatic carbocycles. The van der Waals surface area contributed by atoms with Crippen LogP contribution >= 0.6 is 0 Å². The lowest BCUT2D eigenvalue weighted by molar-refractivity contribution is -0.126. The molecule has 4 nitrogen and oxygen atoms in total. The van der Waals surface area contributed by atoms with Gasteiger partial charge in [-0.05, 0) is 12.8 Å². The van der Waals surface area contributed by atoms with Crippen molar-refractivity contribution in [2.75, 3.05) is 13.1 Å². The Morgan fingerprint density at radius 1 is 1.58 bits per heavy atom. The third-order valence-corrected chi connectivity index (χ3v) is 2.58. The maximum Gasteiger partial charge on any atom is 0.327 e. The van der Waals surface area contributed by atoms with Gasteiger partial charge >= 0.3 is 6.03 Å². The maximum absolute atomic E-state index is 11.5. The van der Waals surface area contributed by atoms with Crippen LogP contribution in [0.4, 0.5) is 4.79 Å². The van der Waals surface area contributed by atoms with E-state index in [1.165, 1.54) is 11.8 Å². The van der Waals surface area contributed by atoms with E-state index in [2.05, 4.69) is 0 Å². The summed E-state index contributed by atoms with van der Waals surface area (Å²) in [5, 5.41) is 0. The zero-order valence-corrected chi connectivity index (χ0v) is 7.12. The van der Waals surface area contributed by atoms with Crippen LogP contribution in [0.5, 0.6) is 0 Å². The predicted octanol–water partition coefficient (Wildman–Crippen LogP) is 0.433. The number of urea groups is 1. The minimum absolute atomic E-state index is 0.0926. The largest absolute Gasteiger partial charge is 0.327 e. The number of nitrogens with zero attached hydrogens (tertiary/aromatic N) is 2. The summed E-state index contributed by atoms with van der Waals surface area (Å²) in [6, 6.07) is 0.0637. The van der Waals surface area contributed by atoms with E-state index in [-0.39, 0.29) is 18.0 Å². The van der Waals surface area contributed by atoms with Crippen molar-refractivity contribution in [1.82, 2.24) is 9.80 Å². The summed E-state index contributed by atoms with van der Waals surface area (Å²) in [6.45, 7) is 3.03. The predicted molar refractivity (Wildman–Crippen MR) is 42.5 cm³/mol. The second kappa shape index (κ2) is 2.47. The van der Waals surface area contributed by atoms with Gasteiger partial charge in [0, 0.05) is 20.0 Å². The fraction of sp³-hybridized carbons (Fsp3) is 0.750. The van der Waals surface area contributed by atoms with Crippen LogP contribution in [0.15, 0.2) is 0 Å². The Kier molecular flexibility index (Phi) is 1.56. The van der Waals surface area contributed by atoms with Crippen LogP contribution in [0.1, 0.15) is 19.8 Å². The van der Waals surface area contributed by atoms with Crippen molar-refractivity contribution in [1.29, 1.82) is 0 Å². The molecular formula is C8H12N2O2. The molecule has 0 radical (unpaired) electrons. The minimum atomic E-state index is -0.116. The molecule has 2 heterocycles. The molecule has 12 heavy (non-hydrogen) atoms. The van der Waals surface area contributed by atoms with Crippen LogP contribution < -0.4 is 0 Å². The second-order valence-corrected chi connectivity index (χ2v) is 3.41. The molecule has 2 saturated heterocycles. The number of carbonyl (C=O) groups excluding carboxylic acids is 2. The van der Waals surface area contributed by atoms with Gasteiger partial charge in [0.2, 0.25) is 5.91 Å². The van der Waals surface area contributed by atoms with Crippen molar-refractivity contribution in [3.63, 3.8) is 0 Å². The smallest absolute Gasteiger partial charge is 0.322 e. The second-order valence-electron chi connectivity index (χ2n) is 3.41. The minimum Gasteiger partial charge on any atom is -0.322 e. The molecule has 2 bridgehead atoms. The number of carbonyl (C=O) groups is 2. The molecule has 0 spiro atoms. The van der Waals surface area contributed by atoms with Crippen molar-refractivity contribution in [2.24, 2.45) is 0 Å². The highest BCUT2D eigenvalue weighted by Gasteiger charge is 2.41. The average molecular weight is 168 g/mol. The number of hydrogen-bond acceptors (Lipinski definition) is 2. The van der Waals surface area contributed by atoms with Gasteiger partial charge in [-0.1, -0.05) is 0 Å². The van der Waals surface area contributed by atoms with Gasteiger partial charge in [0.1, 0.15) is 0 Å². The first kappa shape index (κ1) is 7.58. The van der Waals surface area contributed by atoms with E-state index in [9.17, 15) is 9.59 Å². The standard InChI is InChI=1S/C8H12N2O2/c1-6(11)10-7-3-2-4-9(5-7)8(10)12/h7H,2-5H2,1H3. The molecule has 2 aliphatic heterocycles. The molecule has 1 atom stereocenters. The number of fused-ring (bicyclic) bond motifs is 2. The highest BCUT2D eigenvalue weighted by Crippen LogP contribution is 2.24. The summed E-state index contributed by atoms with van der Waals surface area (Å²) in [6.07, 6.45) is 2.00. The lowest BCUT2D eigenvalue weighted by Gasteiger charge is -2.20. The lowest BCUT2D eigenvalue weighted by Crippen LogP contribution is -2.36. The highest BCUT2D eigenvalue weighted by molar-refractivity contribution is 5.95. The van der Waals surface area contributed by atoms with Gasteiger partial charge in [-0.25, -0.2) is 4.79 Å². The Labute approximate surface area is 71.1 Å². The van der Waals surface area contributed by atoms with Gasteiger partial charge < -0.3 is 4.90 Å². The van der Waals surface area contributed by atoms with E-state index < -0.39 is 0 Å². The highest BCUT2D eigenvalue weighted by atomic mass is 16.2. The van der Waals surface area contributed by atoms with Crippen molar-refractivity contribution < 1.29 is 9.59 Å². The number of amides is 3. The lowest BCUT2D eigenvalue weighted by atomic mass is 10.1. The van der Waals surface area contributed by atoms with E-state index >= 15 is 0 Å². The fourth-order valence-corrected chi connectivity index (χ4v) is 2.04. The van der Waals surface area contributed by atoms with E-state index in [0.29, 0.717) is 0 Å². The van der Waals surface area contributed by atoms with Crippen LogP contribution in [0.3, 0.4) is 0 Å². The molecule has 4 heteroatoms. The molecule has 66 valence electrons. The normalized spacial score (nSPS) is 28.1. The number of hydrogen-bond donors (Lipinski definition) is 0. The maximum atomic E-state index is 11.5. The molecule has 2 fully saturated rings. The molecule has 1 unspecified atom stereocenters. The Hall–Kier alpha value is -1.06. The monoisotopic (exact) mass is 168 g/mol. The summed E-state index contributed by atoms with van der Waals surface area (Å²) < 4.78 is 0. The van der Waals surface area contributed by atoms with Gasteiger partial charge in [0.25, 0.3) is 0 Å². The fourth-order valence-electron chi connectivity index (χ4n) is 2.04. The first-order chi connectivity index (χ1) is 5.70. The van der Waals surface area contributed by atoms with Gasteiger partial charge in [-0.15, -0.1) is 0 Å². The Morgan fingerprint density at radius 2 is 2.33 bits per heavy atom. The first-order valence-corrected chi connectivity index (χ1v) is 4.29. The summed E-state index contributed by atoms with van der Waals surface area (Å²) in [5.74, 6) is -0.116. The summed E-state index contributed by atoms with van der Waals surface area (Å²) in [4.78, 5) is 25.7. The molecule has 0 saturated carbocycles. The van der Waals surface area contributed by atoms with Crippen LogP contribution in [-0.2, 0) is 4.79 Å². The van der Waals surface area contributed by atoms with Crippen molar-refractivity contribution in [3.05, 3.63) is 0 Å². The average Bonchev–Trinajstić information content (AvgIpc) is 2.24. The Bertz CT molecular complexity index is 239. The van der Waals surface area contributed by atoms with Crippen molar-refractivity contribution >= 4 is 11.9 Å². The van der Waals surface area contributed by atoms with Crippen LogP contribution in [0.2, 0.25) is 0 Å². The third-order valence-electron chi connectivity index (χ3n) is 2.58. The Morgan fingerprint density at radius 3 is 2.92 bits per heavy atom. The van der Waals surface area contributed by atoms with Gasteiger partial charge in [-0.3, -0.25) is 9.69 Å². The summed E-state index contributed by atoms with van der Waals surface area (Å²) in [7, 11) is 0. The van der Waals surface area contributed by atoms with Crippen molar-refractivity contribution in [3.8, 4) is 0 Å². The number of piperidine rings is 1. The third kappa shape index (κ3) is 0.906. The van der Waals surface area contributed by atoms with Gasteiger partial charge in [-0.2, -0.15) is 0 Å². The number of rotatable bonds is 0. The molecule has 2 aliphatic rings. The van der Waals surface area contributed by atoms with E-state index in [4.69, 9.17) is 0 Å². The molecule has 3 amide bonds. The topological polar surface area (TPSA) is 40.6 Å². The molecule has 2 rings (SSSR count). The van der Waals surface area contributed by atoms with Crippen molar-refractivity contribution in [2.45, 2.75) is 25.8 Å². The summed E-state index contributed by atoms with van der Waals surface area (Å²) in [5.41, 5.74) is 0. The zero-order valence-electron chi connectivity index (χ0n) is 7.12. The molecule has 0 aromatic carbocycles. The van der Waals surface area contributed by atoms with E-state index in [1.807, 2.05) is 0 Å². The Balaban J connectivity index is 2.24. The van der Waals surface area contributed by atoms with Crippen LogP contribution in [0, 0.1) is 0 Å². The van der Waals surface area contributed by atoms with Crippen LogP contribution in [0.25, 0.3) is 0 Å². The molecular weight excluding hydrogens is 156 g/mol. The number of imide groups is 1. The summed E-state index contributed by atoms with van der Waals surface area (Å²) >= 11 is 0. The zero-order chi connectivity index (χ0) is 8.72. The SMILES string of the molecule is CC(=O)N1C(=O)N2CCCC1C2. The van der Waals surface area contributed by atoms with Crippen LogP contribution in [-0.4, -0.2) is 40.9 Å². The molecule has 0 N–H and O–H groups in total. The van der Waals surface area contributed by atoms with E-state index in [1.54, 1.807) is 4.90 Å². The van der Waals surface area contributed by atoms with E-state index in [0.717, 1.165) is 25.9 Å². The quantitative estimate of drug-likeness (QED) is 0.526. The molecule has 0 aromatic heterocycles. The van der Waals surface area contributed by atoms with Gasteiger partial charge in [0.05, 0.1) is 6.04 Å². The van der Waals surface area contributed by atoms with Gasteiger partial charge in [0.15, 0.2) is 0 Å². The molecule has 0 aromatic rings.